The van der Waals surface area contributed by atoms with Crippen molar-refractivity contribution in [1.29, 1.82) is 0 Å². The second kappa shape index (κ2) is 15.6. The molecule has 6 nitrogen and oxygen atoms in total. The minimum Gasteiger partial charge on any atom is -0.480 e. The third-order valence-electron chi connectivity index (χ3n) is 5.07. The molecule has 2 rings (SSSR count). The Hall–Kier alpha value is -3.20. The SMILES string of the molecule is O=C(O)CNC(=O)c1ccc(NCCCCCCCCCCC#CCc2ccco2)cc1. The van der Waals surface area contributed by atoms with Crippen molar-refractivity contribution in [2.45, 2.75) is 64.2 Å². The van der Waals surface area contributed by atoms with E-state index < -0.39 is 5.97 Å². The zero-order valence-corrected chi connectivity index (χ0v) is 18.7. The zero-order chi connectivity index (χ0) is 22.9. The van der Waals surface area contributed by atoms with Gasteiger partial charge in [0.1, 0.15) is 12.3 Å². The largest absolute Gasteiger partial charge is 0.480 e. The molecule has 0 fully saturated rings. The first kappa shape index (κ1) is 25.1. The number of hydrogen-bond donors (Lipinski definition) is 3. The van der Waals surface area contributed by atoms with Gasteiger partial charge < -0.3 is 20.2 Å². The molecule has 0 atom stereocenters. The monoisotopic (exact) mass is 438 g/mol. The van der Waals surface area contributed by atoms with Gasteiger partial charge in [0.2, 0.25) is 0 Å². The molecule has 172 valence electrons. The Labute approximate surface area is 190 Å². The normalized spacial score (nSPS) is 10.2. The first-order chi connectivity index (χ1) is 15.6. The molecule has 0 radical (unpaired) electrons. The van der Waals surface area contributed by atoms with Crippen LogP contribution in [0.2, 0.25) is 0 Å². The first-order valence-electron chi connectivity index (χ1n) is 11.5. The molecule has 0 unspecified atom stereocenters. The lowest BCUT2D eigenvalue weighted by molar-refractivity contribution is -0.135. The van der Waals surface area contributed by atoms with Gasteiger partial charge in [-0.2, -0.15) is 0 Å². The van der Waals surface area contributed by atoms with Crippen LogP contribution < -0.4 is 10.6 Å². The second-order valence-electron chi connectivity index (χ2n) is 7.77. The maximum atomic E-state index is 11.8. The summed E-state index contributed by atoms with van der Waals surface area (Å²) in [7, 11) is 0. The van der Waals surface area contributed by atoms with Crippen LogP contribution in [0.5, 0.6) is 0 Å². The molecule has 1 aromatic carbocycles. The number of carboxylic acid groups (broad SMARTS) is 1. The van der Waals surface area contributed by atoms with Gasteiger partial charge in [0.25, 0.3) is 5.91 Å². The van der Waals surface area contributed by atoms with Crippen LogP contribution in [0.15, 0.2) is 47.1 Å². The maximum absolute atomic E-state index is 11.8. The van der Waals surface area contributed by atoms with Crippen LogP contribution in [0.4, 0.5) is 5.69 Å². The molecule has 0 aliphatic carbocycles. The van der Waals surface area contributed by atoms with Gasteiger partial charge in [-0.1, -0.05) is 44.4 Å². The van der Waals surface area contributed by atoms with Gasteiger partial charge in [-0.3, -0.25) is 9.59 Å². The van der Waals surface area contributed by atoms with Gasteiger partial charge in [0.15, 0.2) is 0 Å². The minimum atomic E-state index is -1.06. The smallest absolute Gasteiger partial charge is 0.322 e. The van der Waals surface area contributed by atoms with Gasteiger partial charge in [-0.15, -0.1) is 5.92 Å². The lowest BCUT2D eigenvalue weighted by Gasteiger charge is -2.08. The first-order valence-corrected chi connectivity index (χ1v) is 11.5. The molecule has 0 saturated heterocycles. The molecular weight excluding hydrogens is 404 g/mol. The molecule has 0 aliphatic heterocycles. The summed E-state index contributed by atoms with van der Waals surface area (Å²) in [6.45, 7) is 0.530. The molecule has 3 N–H and O–H groups in total. The molecule has 1 amide bonds. The summed E-state index contributed by atoms with van der Waals surface area (Å²) in [5.74, 6) is 5.88. The zero-order valence-electron chi connectivity index (χ0n) is 18.7. The van der Waals surface area contributed by atoms with Crippen molar-refractivity contribution in [3.63, 3.8) is 0 Å². The molecule has 0 spiro atoms. The third kappa shape index (κ3) is 11.3. The lowest BCUT2D eigenvalue weighted by Crippen LogP contribution is -2.29. The number of carboxylic acids is 1. The van der Waals surface area contributed by atoms with Crippen LogP contribution >= 0.6 is 0 Å². The van der Waals surface area contributed by atoms with Crippen LogP contribution in [0, 0.1) is 11.8 Å². The average molecular weight is 439 g/mol. The van der Waals surface area contributed by atoms with Gasteiger partial charge in [-0.25, -0.2) is 0 Å². The number of nitrogens with one attached hydrogen (secondary N) is 2. The molecule has 0 saturated carbocycles. The number of benzene rings is 1. The number of carbonyl (C=O) groups excluding carboxylic acids is 1. The highest BCUT2D eigenvalue weighted by Crippen LogP contribution is 2.12. The maximum Gasteiger partial charge on any atom is 0.322 e. The van der Waals surface area contributed by atoms with Crippen molar-refractivity contribution < 1.29 is 19.1 Å². The highest BCUT2D eigenvalue weighted by Gasteiger charge is 2.06. The molecule has 2 aromatic rings. The van der Waals surface area contributed by atoms with E-state index in [1.165, 1.54) is 44.9 Å². The van der Waals surface area contributed by atoms with Crippen molar-refractivity contribution in [3.05, 3.63) is 54.0 Å². The van der Waals surface area contributed by atoms with E-state index in [9.17, 15) is 9.59 Å². The molecule has 0 aliphatic rings. The van der Waals surface area contributed by atoms with Crippen molar-refractivity contribution in [2.24, 2.45) is 0 Å². The minimum absolute atomic E-state index is 0.374. The van der Waals surface area contributed by atoms with Crippen molar-refractivity contribution in [2.75, 3.05) is 18.4 Å². The number of carbonyl (C=O) groups is 2. The van der Waals surface area contributed by atoms with Crippen LogP contribution in [0.25, 0.3) is 0 Å². The van der Waals surface area contributed by atoms with Gasteiger partial charge in [-0.05, 0) is 49.2 Å². The number of rotatable bonds is 15. The average Bonchev–Trinajstić information content (AvgIpc) is 3.31. The van der Waals surface area contributed by atoms with Crippen molar-refractivity contribution in [3.8, 4) is 11.8 Å². The van der Waals surface area contributed by atoms with E-state index in [0.717, 1.165) is 30.8 Å². The number of aliphatic carboxylic acids is 1. The molecule has 0 bridgehead atoms. The van der Waals surface area contributed by atoms with Gasteiger partial charge in [0.05, 0.1) is 12.7 Å². The Morgan fingerprint density at radius 3 is 2.22 bits per heavy atom. The number of anilines is 1. The van der Waals surface area contributed by atoms with Crippen LogP contribution in [0.1, 0.15) is 73.9 Å². The fourth-order valence-corrected chi connectivity index (χ4v) is 3.28. The Balaban J connectivity index is 1.40. The van der Waals surface area contributed by atoms with Gasteiger partial charge >= 0.3 is 5.97 Å². The highest BCUT2D eigenvalue weighted by atomic mass is 16.4. The predicted octanol–water partition coefficient (Wildman–Crippen LogP) is 5.26. The van der Waals surface area contributed by atoms with Crippen LogP contribution in [0.3, 0.4) is 0 Å². The highest BCUT2D eigenvalue weighted by molar-refractivity contribution is 5.96. The lowest BCUT2D eigenvalue weighted by atomic mass is 10.1. The van der Waals surface area contributed by atoms with Crippen LogP contribution in [-0.2, 0) is 11.2 Å². The number of unbranched alkanes of at least 4 members (excludes halogenated alkanes) is 8. The summed E-state index contributed by atoms with van der Waals surface area (Å²) >= 11 is 0. The van der Waals surface area contributed by atoms with Crippen molar-refractivity contribution in [1.82, 2.24) is 5.32 Å². The quantitative estimate of drug-likeness (QED) is 0.260. The number of amides is 1. The summed E-state index contributed by atoms with van der Waals surface area (Å²) in [6, 6.07) is 10.9. The standard InChI is InChI=1S/C26H34N2O4/c29-25(30)21-28-26(31)22-15-17-23(18-16-22)27-19-11-9-7-5-3-1-2-4-6-8-10-13-24-14-12-20-32-24/h12,14-18,20,27H,1-7,9,11,13,19,21H2,(H,28,31)(H,29,30). The van der Waals surface area contributed by atoms with E-state index in [1.807, 2.05) is 24.3 Å². The number of hydrogen-bond acceptors (Lipinski definition) is 4. The van der Waals surface area contributed by atoms with Crippen molar-refractivity contribution >= 4 is 17.6 Å². The number of furan rings is 1. The van der Waals surface area contributed by atoms with E-state index in [0.29, 0.717) is 12.0 Å². The Morgan fingerprint density at radius 2 is 1.56 bits per heavy atom. The molecule has 1 aromatic heterocycles. The Morgan fingerprint density at radius 1 is 0.875 bits per heavy atom. The van der Waals surface area contributed by atoms with E-state index in [-0.39, 0.29) is 12.5 Å². The van der Waals surface area contributed by atoms with Crippen LogP contribution in [-0.4, -0.2) is 30.1 Å². The van der Waals surface area contributed by atoms with E-state index in [4.69, 9.17) is 9.52 Å². The summed E-state index contributed by atoms with van der Waals surface area (Å²) in [5, 5.41) is 14.3. The summed E-state index contributed by atoms with van der Waals surface area (Å²) in [4.78, 5) is 22.3. The van der Waals surface area contributed by atoms with E-state index in [1.54, 1.807) is 18.4 Å². The second-order valence-corrected chi connectivity index (χ2v) is 7.77. The summed E-state index contributed by atoms with van der Waals surface area (Å²) < 4.78 is 5.25. The summed E-state index contributed by atoms with van der Waals surface area (Å²) in [6.07, 6.45) is 13.2. The summed E-state index contributed by atoms with van der Waals surface area (Å²) in [5.41, 5.74) is 1.42. The van der Waals surface area contributed by atoms with Gasteiger partial charge in [0, 0.05) is 24.2 Å². The van der Waals surface area contributed by atoms with E-state index in [2.05, 4.69) is 22.5 Å². The fourth-order valence-electron chi connectivity index (χ4n) is 3.28. The molecule has 1 heterocycles. The predicted molar refractivity (Wildman–Crippen MR) is 127 cm³/mol. The Bertz CT molecular complexity index is 848. The Kier molecular flexibility index (Phi) is 12.2. The molecule has 6 heteroatoms. The fraction of sp³-hybridized carbons (Fsp3) is 0.462. The van der Waals surface area contributed by atoms with E-state index >= 15 is 0 Å². The molecular formula is C26H34N2O4. The third-order valence-corrected chi connectivity index (χ3v) is 5.07. The topological polar surface area (TPSA) is 91.6 Å². The molecule has 32 heavy (non-hydrogen) atoms.